The van der Waals surface area contributed by atoms with Gasteiger partial charge in [-0.2, -0.15) is 0 Å². The third kappa shape index (κ3) is 4.09. The minimum Gasteiger partial charge on any atom is -0.396 e. The molecule has 1 aliphatic carbocycles. The summed E-state index contributed by atoms with van der Waals surface area (Å²) in [6, 6.07) is 12.1. The highest BCUT2D eigenvalue weighted by atomic mass is 16.3. The number of nitrogens with zero attached hydrogens (tertiary/aromatic N) is 2. The molecule has 3 nitrogen and oxygen atoms in total. The van der Waals surface area contributed by atoms with E-state index in [0.29, 0.717) is 12.6 Å². The summed E-state index contributed by atoms with van der Waals surface area (Å²) in [7, 11) is 0. The predicted molar refractivity (Wildman–Crippen MR) is 90.8 cm³/mol. The summed E-state index contributed by atoms with van der Waals surface area (Å²) in [5.41, 5.74) is 1.40. The van der Waals surface area contributed by atoms with E-state index in [1.54, 1.807) is 0 Å². The zero-order chi connectivity index (χ0) is 15.2. The van der Waals surface area contributed by atoms with Gasteiger partial charge < -0.3 is 5.11 Å². The van der Waals surface area contributed by atoms with Gasteiger partial charge in [-0.25, -0.2) is 0 Å². The second-order valence-electron chi connectivity index (χ2n) is 6.92. The lowest BCUT2D eigenvalue weighted by atomic mass is 9.91. The Morgan fingerprint density at radius 1 is 1.00 bits per heavy atom. The van der Waals surface area contributed by atoms with Gasteiger partial charge in [0.05, 0.1) is 0 Å². The fraction of sp³-hybridized carbons (Fsp3) is 0.684. The number of hydrogen-bond donors (Lipinski definition) is 1. The number of benzene rings is 1. The molecule has 1 aliphatic heterocycles. The van der Waals surface area contributed by atoms with Crippen LogP contribution in [0.4, 0.5) is 0 Å². The van der Waals surface area contributed by atoms with E-state index in [1.165, 1.54) is 44.2 Å². The van der Waals surface area contributed by atoms with Crippen LogP contribution in [0, 0.1) is 0 Å². The molecule has 122 valence electrons. The quantitative estimate of drug-likeness (QED) is 0.906. The van der Waals surface area contributed by atoms with Gasteiger partial charge in [-0.3, -0.25) is 9.80 Å². The monoisotopic (exact) mass is 302 g/mol. The van der Waals surface area contributed by atoms with Crippen molar-refractivity contribution in [2.45, 2.75) is 57.2 Å². The Labute approximate surface area is 134 Å². The van der Waals surface area contributed by atoms with Gasteiger partial charge in [0.1, 0.15) is 0 Å². The third-order valence-corrected chi connectivity index (χ3v) is 5.37. The van der Waals surface area contributed by atoms with Crippen LogP contribution < -0.4 is 0 Å². The molecule has 0 bridgehead atoms. The molecular formula is C19H30N2O. The van der Waals surface area contributed by atoms with Crippen molar-refractivity contribution in [3.05, 3.63) is 35.9 Å². The number of piperazine rings is 1. The Hall–Kier alpha value is -0.900. The maximum absolute atomic E-state index is 9.47. The molecule has 0 radical (unpaired) electrons. The lowest BCUT2D eigenvalue weighted by Gasteiger charge is -2.46. The zero-order valence-electron chi connectivity index (χ0n) is 13.7. The van der Waals surface area contributed by atoms with Crippen molar-refractivity contribution in [3.63, 3.8) is 0 Å². The predicted octanol–water partition coefficient (Wildman–Crippen LogP) is 2.89. The lowest BCUT2D eigenvalue weighted by Crippen LogP contribution is -2.56. The number of hydrogen-bond acceptors (Lipinski definition) is 3. The summed E-state index contributed by atoms with van der Waals surface area (Å²) < 4.78 is 0. The highest BCUT2D eigenvalue weighted by Gasteiger charge is 2.32. The Morgan fingerprint density at radius 3 is 2.50 bits per heavy atom. The lowest BCUT2D eigenvalue weighted by molar-refractivity contribution is 0.0137. The number of aliphatic hydroxyl groups excluding tert-OH is 1. The van der Waals surface area contributed by atoms with Crippen molar-refractivity contribution in [3.8, 4) is 0 Å². The molecule has 2 fully saturated rings. The van der Waals surface area contributed by atoms with Crippen LogP contribution in [0.25, 0.3) is 0 Å². The van der Waals surface area contributed by atoms with Crippen molar-refractivity contribution < 1.29 is 5.11 Å². The van der Waals surface area contributed by atoms with Gasteiger partial charge in [-0.1, -0.05) is 49.6 Å². The molecule has 22 heavy (non-hydrogen) atoms. The van der Waals surface area contributed by atoms with Gasteiger partial charge in [-0.15, -0.1) is 0 Å². The molecule has 1 atom stereocenters. The van der Waals surface area contributed by atoms with E-state index in [0.717, 1.165) is 32.1 Å². The van der Waals surface area contributed by atoms with Crippen LogP contribution in [0.1, 0.15) is 44.1 Å². The first-order valence-electron chi connectivity index (χ1n) is 8.99. The van der Waals surface area contributed by atoms with E-state index in [-0.39, 0.29) is 0 Å². The molecule has 1 heterocycles. The second-order valence-corrected chi connectivity index (χ2v) is 6.92. The molecule has 1 saturated carbocycles. The molecule has 0 spiro atoms. The summed E-state index contributed by atoms with van der Waals surface area (Å²) in [6.45, 7) is 4.79. The van der Waals surface area contributed by atoms with Gasteiger partial charge in [0, 0.05) is 44.9 Å². The van der Waals surface area contributed by atoms with Gasteiger partial charge in [0.15, 0.2) is 0 Å². The van der Waals surface area contributed by atoms with E-state index in [9.17, 15) is 5.11 Å². The van der Waals surface area contributed by atoms with Crippen molar-refractivity contribution in [1.82, 2.24) is 9.80 Å². The molecule has 0 aromatic heterocycles. The SMILES string of the molecule is OCC[C@@H]1CN(Cc2ccccc2)CCN1C1CCCCC1. The minimum atomic E-state index is 0.313. The Bertz CT molecular complexity index is 430. The molecule has 1 aromatic rings. The standard InChI is InChI=1S/C19H30N2O/c22-14-11-19-16-20(15-17-7-3-1-4-8-17)12-13-21(19)18-9-5-2-6-10-18/h1,3-4,7-8,18-19,22H,2,5-6,9-16H2/t19-/m1/s1. The largest absolute Gasteiger partial charge is 0.396 e. The second kappa shape index (κ2) is 8.09. The van der Waals surface area contributed by atoms with E-state index in [1.807, 2.05) is 0 Å². The van der Waals surface area contributed by atoms with Crippen molar-refractivity contribution in [2.24, 2.45) is 0 Å². The third-order valence-electron chi connectivity index (χ3n) is 5.37. The average molecular weight is 302 g/mol. The van der Waals surface area contributed by atoms with E-state index < -0.39 is 0 Å². The Morgan fingerprint density at radius 2 is 1.77 bits per heavy atom. The summed E-state index contributed by atoms with van der Waals surface area (Å²) in [5, 5.41) is 9.47. The molecule has 3 rings (SSSR count). The topological polar surface area (TPSA) is 26.7 Å². The highest BCUT2D eigenvalue weighted by molar-refractivity contribution is 5.14. The van der Waals surface area contributed by atoms with E-state index in [2.05, 4.69) is 40.1 Å². The van der Waals surface area contributed by atoms with Crippen LogP contribution >= 0.6 is 0 Å². The number of aliphatic hydroxyl groups is 1. The van der Waals surface area contributed by atoms with Crippen molar-refractivity contribution in [1.29, 1.82) is 0 Å². The summed E-state index contributed by atoms with van der Waals surface area (Å²) in [5.74, 6) is 0. The van der Waals surface area contributed by atoms with E-state index in [4.69, 9.17) is 0 Å². The molecule has 1 saturated heterocycles. The van der Waals surface area contributed by atoms with Crippen molar-refractivity contribution >= 4 is 0 Å². The maximum Gasteiger partial charge on any atom is 0.0446 e. The average Bonchev–Trinajstić information content (AvgIpc) is 2.57. The molecule has 0 amide bonds. The summed E-state index contributed by atoms with van der Waals surface area (Å²) in [6.07, 6.45) is 7.83. The minimum absolute atomic E-state index is 0.313. The molecule has 2 aliphatic rings. The fourth-order valence-electron chi connectivity index (χ4n) is 4.22. The first-order valence-corrected chi connectivity index (χ1v) is 8.99. The van der Waals surface area contributed by atoms with Crippen LogP contribution in [-0.2, 0) is 6.54 Å². The molecule has 1 aromatic carbocycles. The van der Waals surface area contributed by atoms with E-state index >= 15 is 0 Å². The van der Waals surface area contributed by atoms with Gasteiger partial charge >= 0.3 is 0 Å². The Kier molecular flexibility index (Phi) is 5.88. The highest BCUT2D eigenvalue weighted by Crippen LogP contribution is 2.27. The molecular weight excluding hydrogens is 272 g/mol. The smallest absolute Gasteiger partial charge is 0.0446 e. The first kappa shape index (κ1) is 16.0. The van der Waals surface area contributed by atoms with Crippen LogP contribution in [0.15, 0.2) is 30.3 Å². The summed E-state index contributed by atoms with van der Waals surface area (Å²) >= 11 is 0. The molecule has 3 heteroatoms. The first-order chi connectivity index (χ1) is 10.9. The van der Waals surface area contributed by atoms with Gasteiger partial charge in [0.2, 0.25) is 0 Å². The maximum atomic E-state index is 9.47. The van der Waals surface area contributed by atoms with Crippen LogP contribution in [0.5, 0.6) is 0 Å². The van der Waals surface area contributed by atoms with Crippen molar-refractivity contribution in [2.75, 3.05) is 26.2 Å². The van der Waals surface area contributed by atoms with Crippen LogP contribution in [0.3, 0.4) is 0 Å². The zero-order valence-corrected chi connectivity index (χ0v) is 13.7. The fourth-order valence-corrected chi connectivity index (χ4v) is 4.22. The molecule has 0 unspecified atom stereocenters. The molecule has 1 N–H and O–H groups in total. The van der Waals surface area contributed by atoms with Crippen LogP contribution in [0.2, 0.25) is 0 Å². The number of rotatable bonds is 5. The van der Waals surface area contributed by atoms with Gasteiger partial charge in [-0.05, 0) is 24.8 Å². The normalized spacial score (nSPS) is 25.4. The summed E-state index contributed by atoms with van der Waals surface area (Å²) in [4.78, 5) is 5.28. The Balaban J connectivity index is 1.60. The van der Waals surface area contributed by atoms with Gasteiger partial charge in [0.25, 0.3) is 0 Å². The van der Waals surface area contributed by atoms with Crippen LogP contribution in [-0.4, -0.2) is 53.2 Å².